The number of nitrogens with two attached hydrogens (primary N) is 1. The van der Waals surface area contributed by atoms with Crippen molar-refractivity contribution in [3.63, 3.8) is 0 Å². The number of hydrogen-bond acceptors (Lipinski definition) is 9. The van der Waals surface area contributed by atoms with Gasteiger partial charge in [-0.1, -0.05) is 0 Å². The van der Waals surface area contributed by atoms with Crippen LogP contribution in [0.5, 0.6) is 11.6 Å². The molecule has 202 valence electrons. The fraction of sp³-hybridized carbons (Fsp3) is 0.185. The molecule has 0 bridgehead atoms. The lowest BCUT2D eigenvalue weighted by atomic mass is 10.1. The summed E-state index contributed by atoms with van der Waals surface area (Å²) in [6, 6.07) is 6.51. The average molecular weight is 561 g/mol. The first kappa shape index (κ1) is 25.4. The molecule has 40 heavy (non-hydrogen) atoms. The SMILES string of the molecule is COc1cnc2c(-c3nc4cc(F)c5c(c4s3)C[C@H](CN(C(=O)O)c3cncc(C(N)=O)c3)O5)cc(C)cc2n1. The molecular weight excluding hydrogens is 539 g/mol. The predicted molar refractivity (Wildman–Crippen MR) is 146 cm³/mol. The molecule has 0 saturated carbocycles. The van der Waals surface area contributed by atoms with E-state index in [1.807, 2.05) is 19.1 Å². The normalized spacial score (nSPS) is 14.2. The third kappa shape index (κ3) is 4.39. The van der Waals surface area contributed by atoms with Crippen LogP contribution in [-0.2, 0) is 6.42 Å². The zero-order valence-corrected chi connectivity index (χ0v) is 22.0. The highest BCUT2D eigenvalue weighted by Gasteiger charge is 2.33. The van der Waals surface area contributed by atoms with E-state index in [9.17, 15) is 14.7 Å². The van der Waals surface area contributed by atoms with Gasteiger partial charge in [0, 0.05) is 29.8 Å². The molecule has 0 radical (unpaired) electrons. The molecule has 0 spiro atoms. The van der Waals surface area contributed by atoms with Crippen molar-refractivity contribution in [2.45, 2.75) is 19.4 Å². The smallest absolute Gasteiger partial charge is 0.411 e. The van der Waals surface area contributed by atoms with E-state index in [2.05, 4.69) is 15.0 Å². The molecule has 1 aliphatic rings. The Balaban J connectivity index is 1.36. The number of aromatic nitrogens is 4. The largest absolute Gasteiger partial charge is 0.485 e. The number of hydrogen-bond donors (Lipinski definition) is 2. The van der Waals surface area contributed by atoms with E-state index in [-0.39, 0.29) is 30.0 Å². The number of halogens is 1. The topological polar surface area (TPSA) is 154 Å². The van der Waals surface area contributed by atoms with Gasteiger partial charge in [0.1, 0.15) is 11.1 Å². The monoisotopic (exact) mass is 560 g/mol. The molecule has 0 unspecified atom stereocenters. The summed E-state index contributed by atoms with van der Waals surface area (Å²) >= 11 is 1.38. The highest BCUT2D eigenvalue weighted by Crippen LogP contribution is 2.43. The molecule has 2 amide bonds. The van der Waals surface area contributed by atoms with E-state index in [0.29, 0.717) is 33.0 Å². The van der Waals surface area contributed by atoms with Gasteiger partial charge in [-0.2, -0.15) is 0 Å². The number of amides is 2. The van der Waals surface area contributed by atoms with E-state index in [1.54, 1.807) is 0 Å². The zero-order chi connectivity index (χ0) is 28.1. The molecule has 1 aliphatic heterocycles. The number of pyridine rings is 1. The molecule has 4 heterocycles. The minimum atomic E-state index is -1.28. The van der Waals surface area contributed by atoms with Crippen molar-refractivity contribution < 1.29 is 28.6 Å². The number of rotatable bonds is 6. The van der Waals surface area contributed by atoms with Gasteiger partial charge in [0.2, 0.25) is 11.8 Å². The summed E-state index contributed by atoms with van der Waals surface area (Å²) < 4.78 is 27.0. The molecule has 0 aliphatic carbocycles. The number of thiazole rings is 1. The summed E-state index contributed by atoms with van der Waals surface area (Å²) in [5.41, 5.74) is 9.61. The summed E-state index contributed by atoms with van der Waals surface area (Å²) in [5.74, 6) is -0.856. The molecule has 13 heteroatoms. The number of carbonyl (C=O) groups excluding carboxylic acids is 1. The summed E-state index contributed by atoms with van der Waals surface area (Å²) in [6.07, 6.45) is 2.38. The van der Waals surface area contributed by atoms with Crippen LogP contribution in [0.2, 0.25) is 0 Å². The second-order valence-corrected chi connectivity index (χ2v) is 10.3. The third-order valence-electron chi connectivity index (χ3n) is 6.54. The number of ether oxygens (including phenoxy) is 2. The van der Waals surface area contributed by atoms with Crippen LogP contribution in [0.25, 0.3) is 31.8 Å². The maximum atomic E-state index is 15.2. The predicted octanol–water partition coefficient (Wildman–Crippen LogP) is 4.34. The number of nitrogens with zero attached hydrogens (tertiary/aromatic N) is 5. The molecule has 3 aromatic heterocycles. The van der Waals surface area contributed by atoms with Crippen LogP contribution in [0, 0.1) is 12.7 Å². The Labute approximate surface area is 230 Å². The van der Waals surface area contributed by atoms with E-state index >= 15 is 4.39 Å². The van der Waals surface area contributed by atoms with Gasteiger partial charge in [-0.15, -0.1) is 11.3 Å². The number of methoxy groups -OCH3 is 1. The van der Waals surface area contributed by atoms with Crippen LogP contribution < -0.4 is 20.1 Å². The maximum absolute atomic E-state index is 15.2. The molecule has 0 fully saturated rings. The van der Waals surface area contributed by atoms with Crippen molar-refractivity contribution in [1.82, 2.24) is 19.9 Å². The van der Waals surface area contributed by atoms with Gasteiger partial charge in [-0.05, 0) is 30.7 Å². The van der Waals surface area contributed by atoms with Crippen molar-refractivity contribution >= 4 is 50.3 Å². The Morgan fingerprint density at radius 2 is 2.02 bits per heavy atom. The molecule has 6 rings (SSSR count). The van der Waals surface area contributed by atoms with Crippen molar-refractivity contribution in [3.05, 3.63) is 65.4 Å². The Hall–Kier alpha value is -4.91. The molecular formula is C27H21FN6O5S. The lowest BCUT2D eigenvalue weighted by Crippen LogP contribution is -2.38. The van der Waals surface area contributed by atoms with Gasteiger partial charge in [-0.3, -0.25) is 14.7 Å². The first-order valence-corrected chi connectivity index (χ1v) is 12.9. The van der Waals surface area contributed by atoms with Gasteiger partial charge in [0.05, 0.1) is 58.5 Å². The number of carbonyl (C=O) groups is 2. The van der Waals surface area contributed by atoms with Crippen LogP contribution in [0.15, 0.2) is 42.9 Å². The number of anilines is 1. The maximum Gasteiger partial charge on any atom is 0.411 e. The number of primary amides is 1. The minimum Gasteiger partial charge on any atom is -0.485 e. The van der Waals surface area contributed by atoms with Gasteiger partial charge in [0.15, 0.2) is 11.6 Å². The van der Waals surface area contributed by atoms with Crippen LogP contribution in [0.3, 0.4) is 0 Å². The fourth-order valence-electron chi connectivity index (χ4n) is 4.76. The first-order chi connectivity index (χ1) is 19.2. The molecule has 3 N–H and O–H groups in total. The Bertz CT molecular complexity index is 1840. The Morgan fingerprint density at radius 1 is 1.20 bits per heavy atom. The van der Waals surface area contributed by atoms with Crippen molar-refractivity contribution in [2.24, 2.45) is 5.73 Å². The summed E-state index contributed by atoms with van der Waals surface area (Å²) in [4.78, 5) is 42.3. The van der Waals surface area contributed by atoms with Crippen LogP contribution in [0.1, 0.15) is 21.5 Å². The van der Waals surface area contributed by atoms with Gasteiger partial charge in [-0.25, -0.2) is 24.1 Å². The molecule has 1 atom stereocenters. The summed E-state index contributed by atoms with van der Waals surface area (Å²) in [7, 11) is 1.52. The van der Waals surface area contributed by atoms with Gasteiger partial charge >= 0.3 is 6.09 Å². The standard InChI is InChI=1S/C27H21FN6O5S/c1-12-3-16(22-19(4-12)32-21(38-2)10-31-22)26-33-20-7-18(28)23-17(24(20)40-26)6-15(39-23)11-34(27(36)37)14-5-13(25(29)35)8-30-9-14/h3-5,7-10,15H,6,11H2,1-2H3,(H2,29,35)(H,36,37)/t15-/m1/s1. The minimum absolute atomic E-state index is 0.0659. The molecule has 0 saturated heterocycles. The summed E-state index contributed by atoms with van der Waals surface area (Å²) in [5, 5.41) is 10.5. The van der Waals surface area contributed by atoms with Crippen LogP contribution in [-0.4, -0.2) is 56.8 Å². The fourth-order valence-corrected chi connectivity index (χ4v) is 5.87. The van der Waals surface area contributed by atoms with E-state index in [1.165, 1.54) is 49.2 Å². The van der Waals surface area contributed by atoms with E-state index in [4.69, 9.17) is 20.2 Å². The molecule has 11 nitrogen and oxygen atoms in total. The quantitative estimate of drug-likeness (QED) is 0.309. The number of carboxylic acid groups (broad SMARTS) is 1. The van der Waals surface area contributed by atoms with Gasteiger partial charge in [0.25, 0.3) is 0 Å². The van der Waals surface area contributed by atoms with E-state index < -0.39 is 23.9 Å². The van der Waals surface area contributed by atoms with E-state index in [0.717, 1.165) is 20.7 Å². The van der Waals surface area contributed by atoms with Crippen LogP contribution >= 0.6 is 11.3 Å². The van der Waals surface area contributed by atoms with Crippen LogP contribution in [0.4, 0.5) is 14.9 Å². The molecule has 2 aromatic carbocycles. The summed E-state index contributed by atoms with van der Waals surface area (Å²) in [6.45, 7) is 1.82. The second kappa shape index (κ2) is 9.68. The first-order valence-electron chi connectivity index (χ1n) is 12.1. The van der Waals surface area contributed by atoms with Crippen molar-refractivity contribution in [2.75, 3.05) is 18.6 Å². The number of aryl methyl sites for hydroxylation is 1. The van der Waals surface area contributed by atoms with Crippen molar-refractivity contribution in [3.8, 4) is 22.2 Å². The molecule has 5 aromatic rings. The third-order valence-corrected chi connectivity index (χ3v) is 7.71. The highest BCUT2D eigenvalue weighted by atomic mass is 32.1. The lowest BCUT2D eigenvalue weighted by molar-refractivity contribution is 0.0999. The lowest BCUT2D eigenvalue weighted by Gasteiger charge is -2.22. The number of benzene rings is 2. The second-order valence-electron chi connectivity index (χ2n) is 9.26. The van der Waals surface area contributed by atoms with Gasteiger partial charge < -0.3 is 20.3 Å². The average Bonchev–Trinajstić information content (AvgIpc) is 3.55. The zero-order valence-electron chi connectivity index (χ0n) is 21.2. The number of fused-ring (bicyclic) bond motifs is 4. The Morgan fingerprint density at radius 3 is 2.77 bits per heavy atom. The van der Waals surface area contributed by atoms with Crippen molar-refractivity contribution in [1.29, 1.82) is 0 Å². The Kier molecular flexibility index (Phi) is 6.14. The highest BCUT2D eigenvalue weighted by molar-refractivity contribution is 7.22.